The average molecular weight is 282 g/mol. The molecule has 0 aliphatic carbocycles. The third-order valence-electron chi connectivity index (χ3n) is 3.37. The number of hydrazone groups is 1. The maximum atomic E-state index is 5.14. The van der Waals surface area contributed by atoms with Gasteiger partial charge in [0.05, 0.1) is 18.5 Å². The van der Waals surface area contributed by atoms with Crippen molar-refractivity contribution in [2.24, 2.45) is 5.10 Å². The molecule has 0 aromatic heterocycles. The van der Waals surface area contributed by atoms with E-state index in [0.29, 0.717) is 0 Å². The highest BCUT2D eigenvalue weighted by Gasteiger charge is 2.04. The van der Waals surface area contributed by atoms with Crippen molar-refractivity contribution in [2.45, 2.75) is 26.7 Å². The van der Waals surface area contributed by atoms with Crippen LogP contribution in [-0.4, -0.2) is 12.8 Å². The Bertz CT molecular complexity index is 603. The predicted octanol–water partition coefficient (Wildman–Crippen LogP) is 4.48. The second kappa shape index (κ2) is 7.48. The van der Waals surface area contributed by atoms with E-state index in [0.717, 1.165) is 30.0 Å². The molecule has 0 spiro atoms. The van der Waals surface area contributed by atoms with E-state index in [9.17, 15) is 0 Å². The number of anilines is 1. The lowest BCUT2D eigenvalue weighted by Gasteiger charge is -2.09. The highest BCUT2D eigenvalue weighted by molar-refractivity contribution is 6.00. The predicted molar refractivity (Wildman–Crippen MR) is 89.3 cm³/mol. The zero-order chi connectivity index (χ0) is 15.1. The Morgan fingerprint density at radius 1 is 1.10 bits per heavy atom. The van der Waals surface area contributed by atoms with Crippen LogP contribution in [0.25, 0.3) is 0 Å². The summed E-state index contributed by atoms with van der Waals surface area (Å²) < 4.78 is 5.14. The summed E-state index contributed by atoms with van der Waals surface area (Å²) in [6.45, 7) is 4.23. The van der Waals surface area contributed by atoms with Gasteiger partial charge in [-0.3, -0.25) is 5.43 Å². The topological polar surface area (TPSA) is 33.6 Å². The molecule has 0 amide bonds. The van der Waals surface area contributed by atoms with Crippen molar-refractivity contribution >= 4 is 11.4 Å². The molecule has 0 fully saturated rings. The number of nitrogens with one attached hydrogen (secondary N) is 1. The average Bonchev–Trinajstić information content (AvgIpc) is 2.54. The Hall–Kier alpha value is -2.29. The first-order valence-corrected chi connectivity index (χ1v) is 7.27. The van der Waals surface area contributed by atoms with Gasteiger partial charge in [-0.15, -0.1) is 0 Å². The number of hydrogen-bond acceptors (Lipinski definition) is 3. The van der Waals surface area contributed by atoms with E-state index in [1.165, 1.54) is 11.1 Å². The highest BCUT2D eigenvalue weighted by Crippen LogP contribution is 2.16. The van der Waals surface area contributed by atoms with Crippen LogP contribution in [0.15, 0.2) is 53.6 Å². The molecule has 0 heterocycles. The van der Waals surface area contributed by atoms with Crippen LogP contribution in [0.2, 0.25) is 0 Å². The van der Waals surface area contributed by atoms with Gasteiger partial charge >= 0.3 is 0 Å². The molecule has 0 aliphatic rings. The summed E-state index contributed by atoms with van der Waals surface area (Å²) in [6.07, 6.45) is 2.21. The maximum absolute atomic E-state index is 5.14. The van der Waals surface area contributed by atoms with Crippen molar-refractivity contribution in [1.82, 2.24) is 0 Å². The van der Waals surface area contributed by atoms with E-state index >= 15 is 0 Å². The summed E-state index contributed by atoms with van der Waals surface area (Å²) in [5.41, 5.74) is 7.59. The van der Waals surface area contributed by atoms with Gasteiger partial charge in [-0.2, -0.15) is 5.10 Å². The normalized spacial score (nSPS) is 11.3. The third-order valence-corrected chi connectivity index (χ3v) is 3.37. The molecule has 3 heteroatoms. The molecular formula is C18H22N2O. The summed E-state index contributed by atoms with van der Waals surface area (Å²) in [5, 5.41) is 4.49. The van der Waals surface area contributed by atoms with Crippen LogP contribution >= 0.6 is 0 Å². The molecule has 2 aromatic rings. The first-order valence-electron chi connectivity index (χ1n) is 7.27. The Kier molecular flexibility index (Phi) is 5.38. The second-order valence-corrected chi connectivity index (χ2v) is 4.94. The SMILES string of the molecule is CCCc1ccccc1/C(C)=N/Nc1ccc(OC)cc1. The zero-order valence-electron chi connectivity index (χ0n) is 12.9. The summed E-state index contributed by atoms with van der Waals surface area (Å²) in [5.74, 6) is 0.842. The monoisotopic (exact) mass is 282 g/mol. The number of ether oxygens (including phenoxy) is 1. The van der Waals surface area contributed by atoms with Crippen molar-refractivity contribution in [1.29, 1.82) is 0 Å². The van der Waals surface area contributed by atoms with Crippen molar-refractivity contribution in [3.63, 3.8) is 0 Å². The number of hydrogen-bond donors (Lipinski definition) is 1. The van der Waals surface area contributed by atoms with E-state index in [1.807, 2.05) is 31.2 Å². The number of nitrogens with zero attached hydrogens (tertiary/aromatic N) is 1. The molecule has 2 rings (SSSR count). The van der Waals surface area contributed by atoms with Gasteiger partial charge in [-0.1, -0.05) is 37.6 Å². The standard InChI is InChI=1S/C18H22N2O/c1-4-7-15-8-5-6-9-18(15)14(2)19-20-16-10-12-17(21-3)13-11-16/h5-6,8-13,20H,4,7H2,1-3H3/b19-14+. The minimum atomic E-state index is 0.842. The van der Waals surface area contributed by atoms with Gasteiger partial charge in [0.1, 0.15) is 5.75 Å². The van der Waals surface area contributed by atoms with Crippen LogP contribution in [0, 0.1) is 0 Å². The van der Waals surface area contributed by atoms with Crippen LogP contribution < -0.4 is 10.2 Å². The van der Waals surface area contributed by atoms with Gasteiger partial charge in [0.25, 0.3) is 0 Å². The Labute approximate surface area is 126 Å². The first kappa shape index (κ1) is 15.1. The molecule has 0 saturated heterocycles. The van der Waals surface area contributed by atoms with Crippen LogP contribution in [0.5, 0.6) is 5.75 Å². The van der Waals surface area contributed by atoms with Crippen molar-refractivity contribution in [3.05, 3.63) is 59.7 Å². The minimum absolute atomic E-state index is 0.842. The quantitative estimate of drug-likeness (QED) is 0.626. The fraction of sp³-hybridized carbons (Fsp3) is 0.278. The van der Waals surface area contributed by atoms with Gasteiger partial charge in [-0.05, 0) is 43.2 Å². The van der Waals surface area contributed by atoms with Crippen LogP contribution in [0.4, 0.5) is 5.69 Å². The van der Waals surface area contributed by atoms with Gasteiger partial charge in [0.15, 0.2) is 0 Å². The summed E-state index contributed by atoms with van der Waals surface area (Å²) in [4.78, 5) is 0. The Morgan fingerprint density at radius 2 is 1.81 bits per heavy atom. The summed E-state index contributed by atoms with van der Waals surface area (Å²) in [7, 11) is 1.66. The smallest absolute Gasteiger partial charge is 0.119 e. The lowest BCUT2D eigenvalue weighted by Crippen LogP contribution is -2.03. The zero-order valence-corrected chi connectivity index (χ0v) is 12.9. The van der Waals surface area contributed by atoms with Gasteiger partial charge < -0.3 is 4.74 Å². The minimum Gasteiger partial charge on any atom is -0.497 e. The first-order chi connectivity index (χ1) is 10.2. The van der Waals surface area contributed by atoms with Crippen molar-refractivity contribution in [2.75, 3.05) is 12.5 Å². The molecule has 0 unspecified atom stereocenters. The Morgan fingerprint density at radius 3 is 2.48 bits per heavy atom. The van der Waals surface area contributed by atoms with Gasteiger partial charge in [0.2, 0.25) is 0 Å². The van der Waals surface area contributed by atoms with Crippen molar-refractivity contribution < 1.29 is 4.74 Å². The van der Waals surface area contributed by atoms with Crippen molar-refractivity contribution in [3.8, 4) is 5.75 Å². The molecule has 0 radical (unpaired) electrons. The number of rotatable bonds is 6. The van der Waals surface area contributed by atoms with E-state index in [1.54, 1.807) is 7.11 Å². The number of benzene rings is 2. The van der Waals surface area contributed by atoms with Crippen LogP contribution in [0.3, 0.4) is 0 Å². The fourth-order valence-electron chi connectivity index (χ4n) is 2.23. The lowest BCUT2D eigenvalue weighted by molar-refractivity contribution is 0.415. The molecule has 110 valence electrons. The molecule has 21 heavy (non-hydrogen) atoms. The van der Waals surface area contributed by atoms with Gasteiger partial charge in [-0.25, -0.2) is 0 Å². The van der Waals surface area contributed by atoms with Gasteiger partial charge in [0, 0.05) is 5.56 Å². The molecule has 0 aliphatic heterocycles. The molecule has 0 bridgehead atoms. The van der Waals surface area contributed by atoms with Crippen LogP contribution in [0.1, 0.15) is 31.4 Å². The summed E-state index contributed by atoms with van der Waals surface area (Å²) in [6, 6.07) is 16.2. The molecule has 3 nitrogen and oxygen atoms in total. The fourth-order valence-corrected chi connectivity index (χ4v) is 2.23. The highest BCUT2D eigenvalue weighted by atomic mass is 16.5. The third kappa shape index (κ3) is 4.09. The largest absolute Gasteiger partial charge is 0.497 e. The molecule has 0 atom stereocenters. The maximum Gasteiger partial charge on any atom is 0.119 e. The lowest BCUT2D eigenvalue weighted by atomic mass is 10.0. The molecule has 1 N–H and O–H groups in total. The number of aryl methyl sites for hydroxylation is 1. The Balaban J connectivity index is 2.13. The molecular weight excluding hydrogens is 260 g/mol. The molecule has 2 aromatic carbocycles. The molecule has 0 saturated carbocycles. The van der Waals surface area contributed by atoms with E-state index < -0.39 is 0 Å². The van der Waals surface area contributed by atoms with Crippen LogP contribution in [-0.2, 0) is 6.42 Å². The van der Waals surface area contributed by atoms with E-state index in [2.05, 4.69) is 41.7 Å². The number of methoxy groups -OCH3 is 1. The second-order valence-electron chi connectivity index (χ2n) is 4.94. The van der Waals surface area contributed by atoms with E-state index in [4.69, 9.17) is 4.74 Å². The summed E-state index contributed by atoms with van der Waals surface area (Å²) >= 11 is 0. The van der Waals surface area contributed by atoms with E-state index in [-0.39, 0.29) is 0 Å².